The third-order valence-electron chi connectivity index (χ3n) is 5.48. The van der Waals surface area contributed by atoms with Crippen molar-refractivity contribution in [1.29, 1.82) is 0 Å². The molecule has 33 heavy (non-hydrogen) atoms. The number of carbonyl (C=O) groups is 1. The van der Waals surface area contributed by atoms with E-state index in [4.69, 9.17) is 4.74 Å². The summed E-state index contributed by atoms with van der Waals surface area (Å²) in [5, 5.41) is 27.8. The standard InChI is InChI=1S/C25H23N3O5/c1-3-33-20-14-17(13-19(24(20)29)28(31)32)22-21(16-10-5-4-6-11-16)23(27-25(30)26-22)18-12-8-7-9-15(18)2/h4-14,22,29H,3H2,1-2H3,(H2,26,27,30). The molecule has 3 N–H and O–H groups in total. The molecule has 8 heteroatoms. The van der Waals surface area contributed by atoms with Crippen molar-refractivity contribution >= 4 is 23.0 Å². The lowest BCUT2D eigenvalue weighted by molar-refractivity contribution is -0.386. The summed E-state index contributed by atoms with van der Waals surface area (Å²) in [5.41, 5.74) is 3.93. The Kier molecular flexibility index (Phi) is 5.99. The van der Waals surface area contributed by atoms with Crippen LogP contribution in [0.25, 0.3) is 11.3 Å². The molecule has 4 rings (SSSR count). The number of aromatic hydroxyl groups is 1. The zero-order valence-corrected chi connectivity index (χ0v) is 18.2. The van der Waals surface area contributed by atoms with Crippen LogP contribution in [0.4, 0.5) is 10.5 Å². The summed E-state index contributed by atoms with van der Waals surface area (Å²) >= 11 is 0. The number of rotatable bonds is 6. The van der Waals surface area contributed by atoms with Crippen molar-refractivity contribution in [3.05, 3.63) is 99.1 Å². The molecule has 0 aromatic heterocycles. The second kappa shape index (κ2) is 9.04. The topological polar surface area (TPSA) is 114 Å². The highest BCUT2D eigenvalue weighted by atomic mass is 16.6. The van der Waals surface area contributed by atoms with Crippen LogP contribution in [-0.2, 0) is 0 Å². The molecule has 1 aliphatic rings. The lowest BCUT2D eigenvalue weighted by atomic mass is 9.86. The lowest BCUT2D eigenvalue weighted by Crippen LogP contribution is -2.43. The van der Waals surface area contributed by atoms with Crippen LogP contribution in [0.5, 0.6) is 11.5 Å². The van der Waals surface area contributed by atoms with Gasteiger partial charge in [0.2, 0.25) is 5.75 Å². The number of nitrogens with zero attached hydrogens (tertiary/aromatic N) is 1. The van der Waals surface area contributed by atoms with Gasteiger partial charge in [0.15, 0.2) is 5.75 Å². The fraction of sp³-hybridized carbons (Fsp3) is 0.160. The quantitative estimate of drug-likeness (QED) is 0.368. The number of carbonyl (C=O) groups excluding carboxylic acids is 1. The van der Waals surface area contributed by atoms with E-state index in [1.165, 1.54) is 12.1 Å². The van der Waals surface area contributed by atoms with Gasteiger partial charge in [-0.2, -0.15) is 0 Å². The zero-order valence-electron chi connectivity index (χ0n) is 18.2. The average molecular weight is 445 g/mol. The van der Waals surface area contributed by atoms with E-state index in [1.807, 2.05) is 61.5 Å². The number of hydrogen-bond donors (Lipinski definition) is 3. The summed E-state index contributed by atoms with van der Waals surface area (Å²) < 4.78 is 5.46. The van der Waals surface area contributed by atoms with E-state index in [0.717, 1.165) is 22.3 Å². The van der Waals surface area contributed by atoms with E-state index >= 15 is 0 Å². The van der Waals surface area contributed by atoms with Crippen molar-refractivity contribution in [3.8, 4) is 11.5 Å². The first kappa shape index (κ1) is 21.9. The van der Waals surface area contributed by atoms with Gasteiger partial charge in [-0.3, -0.25) is 10.1 Å². The Balaban J connectivity index is 2.01. The predicted molar refractivity (Wildman–Crippen MR) is 125 cm³/mol. The number of benzene rings is 3. The van der Waals surface area contributed by atoms with Crippen LogP contribution in [0.2, 0.25) is 0 Å². The largest absolute Gasteiger partial charge is 0.500 e. The van der Waals surface area contributed by atoms with Crippen molar-refractivity contribution in [2.45, 2.75) is 19.9 Å². The third-order valence-corrected chi connectivity index (χ3v) is 5.48. The zero-order chi connectivity index (χ0) is 23.5. The molecule has 1 heterocycles. The first-order chi connectivity index (χ1) is 15.9. The summed E-state index contributed by atoms with van der Waals surface area (Å²) in [6, 6.07) is 18.8. The van der Waals surface area contributed by atoms with Gasteiger partial charge in [-0.25, -0.2) is 4.79 Å². The van der Waals surface area contributed by atoms with Crippen molar-refractivity contribution in [3.63, 3.8) is 0 Å². The third kappa shape index (κ3) is 4.23. The van der Waals surface area contributed by atoms with E-state index < -0.39 is 28.4 Å². The molecule has 0 aliphatic carbocycles. The van der Waals surface area contributed by atoms with Crippen LogP contribution in [0.3, 0.4) is 0 Å². The molecule has 1 unspecified atom stereocenters. The van der Waals surface area contributed by atoms with Crippen molar-refractivity contribution in [2.24, 2.45) is 0 Å². The monoisotopic (exact) mass is 445 g/mol. The van der Waals surface area contributed by atoms with Crippen LogP contribution in [-0.4, -0.2) is 22.7 Å². The number of aryl methyl sites for hydroxylation is 1. The molecule has 1 atom stereocenters. The van der Waals surface area contributed by atoms with Gasteiger partial charge in [0.25, 0.3) is 0 Å². The number of amides is 2. The lowest BCUT2D eigenvalue weighted by Gasteiger charge is -2.32. The molecule has 0 spiro atoms. The predicted octanol–water partition coefficient (Wildman–Crippen LogP) is 4.93. The van der Waals surface area contributed by atoms with Crippen molar-refractivity contribution in [2.75, 3.05) is 6.61 Å². The molecule has 0 saturated heterocycles. The van der Waals surface area contributed by atoms with E-state index in [0.29, 0.717) is 11.3 Å². The Bertz CT molecular complexity index is 1250. The number of ether oxygens (including phenoxy) is 1. The number of phenolic OH excluding ortho intramolecular Hbond substituents is 1. The van der Waals surface area contributed by atoms with Gasteiger partial charge in [-0.05, 0) is 36.6 Å². The number of nitro benzene ring substituents is 1. The maximum absolute atomic E-state index is 12.7. The summed E-state index contributed by atoms with van der Waals surface area (Å²) in [4.78, 5) is 23.7. The van der Waals surface area contributed by atoms with Gasteiger partial charge in [0.1, 0.15) is 0 Å². The normalized spacial score (nSPS) is 15.6. The van der Waals surface area contributed by atoms with Gasteiger partial charge < -0.3 is 20.5 Å². The molecule has 1 aliphatic heterocycles. The molecular weight excluding hydrogens is 422 g/mol. The van der Waals surface area contributed by atoms with E-state index in [1.54, 1.807) is 6.92 Å². The fourth-order valence-corrected chi connectivity index (χ4v) is 3.99. The van der Waals surface area contributed by atoms with Crippen LogP contribution in [0.1, 0.15) is 35.2 Å². The Hall–Kier alpha value is -4.33. The summed E-state index contributed by atoms with van der Waals surface area (Å²) in [7, 11) is 0. The van der Waals surface area contributed by atoms with Crippen LogP contribution in [0.15, 0.2) is 66.7 Å². The van der Waals surface area contributed by atoms with Crippen LogP contribution < -0.4 is 15.4 Å². The molecule has 2 amide bonds. The Morgan fingerprint density at radius 3 is 2.45 bits per heavy atom. The highest BCUT2D eigenvalue weighted by Gasteiger charge is 2.33. The number of phenols is 1. The summed E-state index contributed by atoms with van der Waals surface area (Å²) in [6.45, 7) is 3.88. The van der Waals surface area contributed by atoms with Crippen LogP contribution >= 0.6 is 0 Å². The minimum atomic E-state index is -0.728. The highest BCUT2D eigenvalue weighted by Crippen LogP contribution is 2.44. The number of urea groups is 1. The Labute approximate surface area is 190 Å². The maximum atomic E-state index is 12.7. The Morgan fingerprint density at radius 1 is 1.09 bits per heavy atom. The fourth-order valence-electron chi connectivity index (χ4n) is 3.99. The SMILES string of the molecule is CCOc1cc(C2NC(=O)NC(c3ccccc3C)=C2c2ccccc2)cc([N+](=O)[O-])c1O. The highest BCUT2D eigenvalue weighted by molar-refractivity contribution is 6.03. The smallest absolute Gasteiger partial charge is 0.320 e. The van der Waals surface area contributed by atoms with Crippen molar-refractivity contribution < 1.29 is 19.6 Å². The molecule has 168 valence electrons. The minimum Gasteiger partial charge on any atom is -0.500 e. The van der Waals surface area contributed by atoms with Gasteiger partial charge >= 0.3 is 11.7 Å². The first-order valence-electron chi connectivity index (χ1n) is 10.5. The molecule has 0 radical (unpaired) electrons. The van der Waals surface area contributed by atoms with Crippen LogP contribution in [0, 0.1) is 17.0 Å². The molecule has 0 fully saturated rings. The van der Waals surface area contributed by atoms with Gasteiger partial charge in [0.05, 0.1) is 23.3 Å². The molecule has 8 nitrogen and oxygen atoms in total. The van der Waals surface area contributed by atoms with Crippen molar-refractivity contribution in [1.82, 2.24) is 10.6 Å². The molecule has 0 saturated carbocycles. The van der Waals surface area contributed by atoms with E-state index in [-0.39, 0.29) is 12.4 Å². The minimum absolute atomic E-state index is 0.0145. The van der Waals surface area contributed by atoms with Gasteiger partial charge in [-0.1, -0.05) is 54.6 Å². The Morgan fingerprint density at radius 2 is 1.79 bits per heavy atom. The molecular formula is C25H23N3O5. The maximum Gasteiger partial charge on any atom is 0.320 e. The first-order valence-corrected chi connectivity index (χ1v) is 10.5. The van der Waals surface area contributed by atoms with Gasteiger partial charge in [0, 0.05) is 17.2 Å². The number of nitro groups is 1. The average Bonchev–Trinajstić information content (AvgIpc) is 2.80. The number of hydrogen-bond acceptors (Lipinski definition) is 5. The van der Waals surface area contributed by atoms with E-state index in [2.05, 4.69) is 10.6 Å². The number of nitrogens with one attached hydrogen (secondary N) is 2. The van der Waals surface area contributed by atoms with E-state index in [9.17, 15) is 20.0 Å². The molecule has 0 bridgehead atoms. The molecule has 3 aromatic carbocycles. The summed E-state index contributed by atoms with van der Waals surface area (Å²) in [5.74, 6) is -0.561. The van der Waals surface area contributed by atoms with Gasteiger partial charge in [-0.15, -0.1) is 0 Å². The second-order valence-electron chi connectivity index (χ2n) is 7.58. The summed E-state index contributed by atoms with van der Waals surface area (Å²) in [6.07, 6.45) is 0. The molecule has 3 aromatic rings. The second-order valence-corrected chi connectivity index (χ2v) is 7.58.